The number of rotatable bonds is 2. The number of fused-ring (bicyclic) bond motifs is 1. The summed E-state index contributed by atoms with van der Waals surface area (Å²) in [5.74, 6) is -1.12. The maximum atomic E-state index is 13.3. The van der Waals surface area contributed by atoms with Gasteiger partial charge in [0.05, 0.1) is 0 Å². The number of para-hydroxylation sites is 1. The minimum atomic E-state index is -1.52. The van der Waals surface area contributed by atoms with Gasteiger partial charge in [0.15, 0.2) is 17.2 Å². The molecule has 0 radical (unpaired) electrons. The molecule has 0 amide bonds. The Morgan fingerprint density at radius 1 is 1.44 bits per heavy atom. The second-order valence-electron chi connectivity index (χ2n) is 4.16. The molecule has 0 aliphatic heterocycles. The normalized spacial score (nSPS) is 12.0. The number of aliphatic hydroxyl groups is 1. The summed E-state index contributed by atoms with van der Waals surface area (Å²) in [5, 5.41) is 10.0. The highest BCUT2D eigenvalue weighted by molar-refractivity contribution is 6.02. The number of hydrogen-bond donors (Lipinski definition) is 1. The molecule has 2 rings (SSSR count). The van der Waals surface area contributed by atoms with E-state index in [9.17, 15) is 14.3 Å². The fourth-order valence-electron chi connectivity index (χ4n) is 1.44. The summed E-state index contributed by atoms with van der Waals surface area (Å²) >= 11 is 0. The van der Waals surface area contributed by atoms with Gasteiger partial charge in [-0.2, -0.15) is 0 Å². The summed E-state index contributed by atoms with van der Waals surface area (Å²) < 4.78 is 18.4. The van der Waals surface area contributed by atoms with E-state index in [0.717, 1.165) is 0 Å². The van der Waals surface area contributed by atoms with E-state index in [0.29, 0.717) is 5.39 Å². The molecule has 1 heterocycles. The number of hydrogen-bond acceptors (Lipinski definition) is 3. The van der Waals surface area contributed by atoms with Crippen molar-refractivity contribution in [2.45, 2.75) is 19.4 Å². The molecular weight excluding hydrogens is 211 g/mol. The van der Waals surface area contributed by atoms with Crippen molar-refractivity contribution < 1.29 is 18.7 Å². The van der Waals surface area contributed by atoms with Crippen LogP contribution in [0.5, 0.6) is 0 Å². The quantitative estimate of drug-likeness (QED) is 0.794. The SMILES string of the molecule is CC(C)(O)C(=O)c1cc2cccc(F)c2o1. The van der Waals surface area contributed by atoms with Crippen molar-refractivity contribution in [1.82, 2.24) is 0 Å². The third-order valence-electron chi connectivity index (χ3n) is 2.28. The Hall–Kier alpha value is -1.68. The molecular formula is C12H11FO3. The summed E-state index contributed by atoms with van der Waals surface area (Å²) in [6.45, 7) is 2.72. The highest BCUT2D eigenvalue weighted by Crippen LogP contribution is 2.24. The highest BCUT2D eigenvalue weighted by atomic mass is 19.1. The first-order valence-electron chi connectivity index (χ1n) is 4.85. The van der Waals surface area contributed by atoms with Crippen LogP contribution in [0.15, 0.2) is 28.7 Å². The molecule has 1 aromatic carbocycles. The molecule has 4 heteroatoms. The number of benzene rings is 1. The Morgan fingerprint density at radius 3 is 2.69 bits per heavy atom. The first kappa shape index (κ1) is 10.8. The zero-order valence-corrected chi connectivity index (χ0v) is 8.95. The molecule has 0 aliphatic carbocycles. The van der Waals surface area contributed by atoms with E-state index in [1.165, 1.54) is 32.0 Å². The predicted molar refractivity (Wildman–Crippen MR) is 56.8 cm³/mol. The second kappa shape index (κ2) is 3.42. The fourth-order valence-corrected chi connectivity index (χ4v) is 1.44. The maximum Gasteiger partial charge on any atom is 0.228 e. The van der Waals surface area contributed by atoms with E-state index in [4.69, 9.17) is 4.42 Å². The lowest BCUT2D eigenvalue weighted by Gasteiger charge is -2.12. The van der Waals surface area contributed by atoms with Crippen molar-refractivity contribution in [3.63, 3.8) is 0 Å². The topological polar surface area (TPSA) is 50.4 Å². The zero-order chi connectivity index (χ0) is 11.9. The molecule has 0 spiro atoms. The Balaban J connectivity index is 2.56. The average Bonchev–Trinajstić information content (AvgIpc) is 2.60. The van der Waals surface area contributed by atoms with Gasteiger partial charge in [-0.05, 0) is 26.0 Å². The van der Waals surface area contributed by atoms with E-state index >= 15 is 0 Å². The summed E-state index contributed by atoms with van der Waals surface area (Å²) in [6.07, 6.45) is 0. The summed E-state index contributed by atoms with van der Waals surface area (Å²) in [4.78, 5) is 11.7. The van der Waals surface area contributed by atoms with Gasteiger partial charge in [-0.15, -0.1) is 0 Å². The van der Waals surface area contributed by atoms with E-state index in [-0.39, 0.29) is 11.3 Å². The van der Waals surface area contributed by atoms with E-state index < -0.39 is 17.2 Å². The number of carbonyl (C=O) groups excluding carboxylic acids is 1. The third-order valence-corrected chi connectivity index (χ3v) is 2.28. The molecule has 1 N–H and O–H groups in total. The first-order chi connectivity index (χ1) is 7.39. The minimum absolute atomic E-state index is 0.0346. The lowest BCUT2D eigenvalue weighted by molar-refractivity contribution is 0.0461. The lowest BCUT2D eigenvalue weighted by Crippen LogP contribution is -2.30. The van der Waals surface area contributed by atoms with Crippen molar-refractivity contribution in [2.75, 3.05) is 0 Å². The van der Waals surface area contributed by atoms with Gasteiger partial charge in [0.1, 0.15) is 5.60 Å². The Labute approximate surface area is 91.5 Å². The molecule has 0 fully saturated rings. The maximum absolute atomic E-state index is 13.3. The van der Waals surface area contributed by atoms with Crippen LogP contribution >= 0.6 is 0 Å². The molecule has 0 unspecified atom stereocenters. The molecule has 84 valence electrons. The number of halogens is 1. The van der Waals surface area contributed by atoms with Crippen molar-refractivity contribution >= 4 is 16.8 Å². The number of carbonyl (C=O) groups is 1. The van der Waals surface area contributed by atoms with Gasteiger partial charge in [-0.1, -0.05) is 12.1 Å². The molecule has 0 aliphatic rings. The Kier molecular flexibility index (Phi) is 2.31. The van der Waals surface area contributed by atoms with Crippen LogP contribution in [-0.2, 0) is 0 Å². The van der Waals surface area contributed by atoms with E-state index in [1.54, 1.807) is 6.07 Å². The highest BCUT2D eigenvalue weighted by Gasteiger charge is 2.28. The van der Waals surface area contributed by atoms with Gasteiger partial charge in [-0.3, -0.25) is 4.79 Å². The lowest BCUT2D eigenvalue weighted by atomic mass is 10.0. The van der Waals surface area contributed by atoms with Crippen LogP contribution in [0.1, 0.15) is 24.4 Å². The predicted octanol–water partition coefficient (Wildman–Crippen LogP) is 2.53. The number of furan rings is 1. The van der Waals surface area contributed by atoms with Crippen molar-refractivity contribution in [3.8, 4) is 0 Å². The average molecular weight is 222 g/mol. The van der Waals surface area contributed by atoms with Gasteiger partial charge in [0, 0.05) is 5.39 Å². The molecule has 1 aromatic heterocycles. The first-order valence-corrected chi connectivity index (χ1v) is 4.85. The molecule has 0 saturated heterocycles. The second-order valence-corrected chi connectivity index (χ2v) is 4.16. The van der Waals surface area contributed by atoms with Crippen LogP contribution < -0.4 is 0 Å². The van der Waals surface area contributed by atoms with Crippen LogP contribution in [0.4, 0.5) is 4.39 Å². The Morgan fingerprint density at radius 2 is 2.12 bits per heavy atom. The van der Waals surface area contributed by atoms with Gasteiger partial charge in [0.25, 0.3) is 0 Å². The minimum Gasteiger partial charge on any atom is -0.450 e. The van der Waals surface area contributed by atoms with E-state index in [2.05, 4.69) is 0 Å². The monoisotopic (exact) mass is 222 g/mol. The van der Waals surface area contributed by atoms with Crippen LogP contribution in [-0.4, -0.2) is 16.5 Å². The van der Waals surface area contributed by atoms with Gasteiger partial charge >= 0.3 is 0 Å². The molecule has 16 heavy (non-hydrogen) atoms. The molecule has 2 aromatic rings. The third kappa shape index (κ3) is 1.72. The molecule has 3 nitrogen and oxygen atoms in total. The molecule has 0 bridgehead atoms. The standard InChI is InChI=1S/C12H11FO3/c1-12(2,15)11(14)9-6-7-4-3-5-8(13)10(7)16-9/h3-6,15H,1-2H3. The zero-order valence-electron chi connectivity index (χ0n) is 8.95. The number of ketones is 1. The van der Waals surface area contributed by atoms with Gasteiger partial charge < -0.3 is 9.52 Å². The number of Topliss-reactive ketones (excluding diaryl/α,β-unsaturated/α-hetero) is 1. The fraction of sp³-hybridized carbons (Fsp3) is 0.250. The molecule has 0 saturated carbocycles. The van der Waals surface area contributed by atoms with Gasteiger partial charge in [-0.25, -0.2) is 4.39 Å². The largest absolute Gasteiger partial charge is 0.450 e. The van der Waals surface area contributed by atoms with Crippen molar-refractivity contribution in [2.24, 2.45) is 0 Å². The Bertz CT molecular complexity index is 549. The summed E-state index contributed by atoms with van der Waals surface area (Å²) in [6, 6.07) is 5.86. The van der Waals surface area contributed by atoms with Crippen LogP contribution in [0.2, 0.25) is 0 Å². The van der Waals surface area contributed by atoms with Crippen molar-refractivity contribution in [3.05, 3.63) is 35.8 Å². The smallest absolute Gasteiger partial charge is 0.228 e. The van der Waals surface area contributed by atoms with E-state index in [1.807, 2.05) is 0 Å². The van der Waals surface area contributed by atoms with Crippen LogP contribution in [0, 0.1) is 5.82 Å². The van der Waals surface area contributed by atoms with Crippen LogP contribution in [0.3, 0.4) is 0 Å². The van der Waals surface area contributed by atoms with Gasteiger partial charge in [0.2, 0.25) is 5.78 Å². The van der Waals surface area contributed by atoms with Crippen molar-refractivity contribution in [1.29, 1.82) is 0 Å². The summed E-state index contributed by atoms with van der Waals surface area (Å²) in [5.41, 5.74) is -1.49. The summed E-state index contributed by atoms with van der Waals surface area (Å²) in [7, 11) is 0. The van der Waals surface area contributed by atoms with Crippen LogP contribution in [0.25, 0.3) is 11.0 Å². The molecule has 0 atom stereocenters.